The first kappa shape index (κ1) is 20.1. The van der Waals surface area contributed by atoms with Crippen LogP contribution < -0.4 is 16.4 Å². The molecule has 164 valence electrons. The van der Waals surface area contributed by atoms with E-state index in [0.717, 1.165) is 5.56 Å². The Balaban J connectivity index is 1.34. The third-order valence-corrected chi connectivity index (χ3v) is 4.81. The van der Waals surface area contributed by atoms with Crippen LogP contribution in [0.2, 0.25) is 0 Å². The second-order valence-corrected chi connectivity index (χ2v) is 7.03. The highest BCUT2D eigenvalue weighted by Gasteiger charge is 2.18. The van der Waals surface area contributed by atoms with Gasteiger partial charge >= 0.3 is 5.76 Å². The Kier molecular flexibility index (Phi) is 5.07. The third-order valence-electron chi connectivity index (χ3n) is 4.81. The van der Waals surface area contributed by atoms with Crippen LogP contribution in [0.25, 0.3) is 16.7 Å². The number of aromatic nitrogens is 6. The Hall–Kier alpha value is -4.87. The highest BCUT2D eigenvalue weighted by molar-refractivity contribution is 5.98. The van der Waals surface area contributed by atoms with Crippen LogP contribution in [0.15, 0.2) is 64.3 Å². The summed E-state index contributed by atoms with van der Waals surface area (Å²) in [5.41, 5.74) is 2.87. The zero-order valence-electron chi connectivity index (χ0n) is 17.0. The highest BCUT2D eigenvalue weighted by Crippen LogP contribution is 2.13. The van der Waals surface area contributed by atoms with Crippen LogP contribution in [0.1, 0.15) is 32.2 Å². The lowest BCUT2D eigenvalue weighted by molar-refractivity contribution is 0.0942. The minimum Gasteiger partial charge on any atom is -0.408 e. The number of oxazole rings is 1. The van der Waals surface area contributed by atoms with Crippen molar-refractivity contribution < 1.29 is 14.0 Å². The largest absolute Gasteiger partial charge is 0.417 e. The molecule has 0 aliphatic heterocycles. The lowest BCUT2D eigenvalue weighted by Gasteiger charge is -2.09. The van der Waals surface area contributed by atoms with E-state index in [1.807, 2.05) is 0 Å². The number of hydrogen-bond acceptors (Lipinski definition) is 8. The number of rotatable bonds is 6. The summed E-state index contributed by atoms with van der Waals surface area (Å²) >= 11 is 0. The summed E-state index contributed by atoms with van der Waals surface area (Å²) in [5.74, 6) is -1.46. The summed E-state index contributed by atoms with van der Waals surface area (Å²) in [6.45, 7) is 0.347. The molecule has 2 amide bonds. The van der Waals surface area contributed by atoms with Gasteiger partial charge in [-0.15, -0.1) is 0 Å². The standard InChI is InChI=1S/C21H16N8O4/c30-19(24-9-12-1-2-17-14(7-12)28-21(32)33-17)15-8-16(29-18(27-15)3-4-26-29)20(31)25-11-13-10-22-5-6-23-13/h1-8,10H,9,11H2,(H,24,30)(H,25,31)(H,28,32). The summed E-state index contributed by atoms with van der Waals surface area (Å²) in [6, 6.07) is 8.06. The van der Waals surface area contributed by atoms with Gasteiger partial charge in [-0.1, -0.05) is 6.07 Å². The maximum absolute atomic E-state index is 12.8. The van der Waals surface area contributed by atoms with Crippen molar-refractivity contribution in [2.45, 2.75) is 13.1 Å². The molecular weight excluding hydrogens is 428 g/mol. The van der Waals surface area contributed by atoms with Crippen LogP contribution in [0.5, 0.6) is 0 Å². The molecule has 0 aliphatic rings. The molecule has 0 atom stereocenters. The van der Waals surface area contributed by atoms with Gasteiger partial charge in [0.2, 0.25) is 0 Å². The number of amides is 2. The fraction of sp³-hybridized carbons (Fsp3) is 0.0952. The van der Waals surface area contributed by atoms with Crippen molar-refractivity contribution in [3.05, 3.63) is 88.3 Å². The Morgan fingerprint density at radius 3 is 2.76 bits per heavy atom. The summed E-state index contributed by atoms with van der Waals surface area (Å²) in [6.07, 6.45) is 6.11. The summed E-state index contributed by atoms with van der Waals surface area (Å²) in [5, 5.41) is 9.62. The second-order valence-electron chi connectivity index (χ2n) is 7.03. The van der Waals surface area contributed by atoms with Crippen molar-refractivity contribution in [1.29, 1.82) is 0 Å². The van der Waals surface area contributed by atoms with E-state index in [9.17, 15) is 14.4 Å². The number of carbonyl (C=O) groups is 2. The van der Waals surface area contributed by atoms with E-state index < -0.39 is 17.6 Å². The van der Waals surface area contributed by atoms with Crippen molar-refractivity contribution in [3.8, 4) is 0 Å². The number of nitrogens with one attached hydrogen (secondary N) is 3. The molecule has 12 nitrogen and oxygen atoms in total. The van der Waals surface area contributed by atoms with E-state index in [0.29, 0.717) is 22.4 Å². The first-order valence-corrected chi connectivity index (χ1v) is 9.85. The number of carbonyl (C=O) groups excluding carboxylic acids is 2. The van der Waals surface area contributed by atoms with Crippen molar-refractivity contribution in [2.75, 3.05) is 0 Å². The molecule has 0 radical (unpaired) electrons. The molecule has 0 aliphatic carbocycles. The van der Waals surface area contributed by atoms with Crippen molar-refractivity contribution >= 4 is 28.6 Å². The highest BCUT2D eigenvalue weighted by atomic mass is 16.4. The van der Waals surface area contributed by atoms with E-state index in [1.54, 1.807) is 36.7 Å². The zero-order valence-corrected chi connectivity index (χ0v) is 17.0. The van der Waals surface area contributed by atoms with Gasteiger partial charge in [0.15, 0.2) is 11.2 Å². The monoisotopic (exact) mass is 444 g/mol. The first-order valence-electron chi connectivity index (χ1n) is 9.85. The zero-order chi connectivity index (χ0) is 22.8. The number of benzene rings is 1. The molecule has 0 unspecified atom stereocenters. The van der Waals surface area contributed by atoms with Crippen LogP contribution in [-0.4, -0.2) is 41.4 Å². The number of H-pyrrole nitrogens is 1. The fourth-order valence-corrected chi connectivity index (χ4v) is 3.26. The average Bonchev–Trinajstić information content (AvgIpc) is 3.46. The number of fused-ring (bicyclic) bond motifs is 2. The lowest BCUT2D eigenvalue weighted by atomic mass is 10.2. The quantitative estimate of drug-likeness (QED) is 0.347. The third kappa shape index (κ3) is 4.17. The summed E-state index contributed by atoms with van der Waals surface area (Å²) in [7, 11) is 0. The Labute approximate surface area is 184 Å². The minimum absolute atomic E-state index is 0.0606. The minimum atomic E-state index is -0.547. The van der Waals surface area contributed by atoms with Crippen LogP contribution >= 0.6 is 0 Å². The van der Waals surface area contributed by atoms with Gasteiger partial charge in [0.05, 0.1) is 30.1 Å². The predicted molar refractivity (Wildman–Crippen MR) is 114 cm³/mol. The average molecular weight is 444 g/mol. The molecule has 3 N–H and O–H groups in total. The van der Waals surface area contributed by atoms with Gasteiger partial charge in [0.1, 0.15) is 11.4 Å². The molecule has 4 heterocycles. The molecule has 5 rings (SSSR count). The molecular formula is C21H16N8O4. The molecule has 1 aromatic carbocycles. The van der Waals surface area contributed by atoms with Crippen molar-refractivity contribution in [2.24, 2.45) is 0 Å². The summed E-state index contributed by atoms with van der Waals surface area (Å²) < 4.78 is 6.33. The van der Waals surface area contributed by atoms with E-state index in [4.69, 9.17) is 4.42 Å². The topological polar surface area (TPSA) is 160 Å². The lowest BCUT2D eigenvalue weighted by Crippen LogP contribution is -2.28. The number of hydrogen-bond donors (Lipinski definition) is 3. The molecule has 4 aromatic heterocycles. The van der Waals surface area contributed by atoms with Crippen LogP contribution in [0.3, 0.4) is 0 Å². The smallest absolute Gasteiger partial charge is 0.408 e. The Morgan fingerprint density at radius 2 is 1.91 bits per heavy atom. The van der Waals surface area contributed by atoms with E-state index in [2.05, 4.69) is 35.7 Å². The van der Waals surface area contributed by atoms with Gasteiger partial charge in [-0.3, -0.25) is 24.5 Å². The van der Waals surface area contributed by atoms with Gasteiger partial charge in [0, 0.05) is 31.1 Å². The molecule has 12 heteroatoms. The van der Waals surface area contributed by atoms with Crippen molar-refractivity contribution in [3.63, 3.8) is 0 Å². The van der Waals surface area contributed by atoms with E-state index in [1.165, 1.54) is 23.0 Å². The van der Waals surface area contributed by atoms with E-state index >= 15 is 0 Å². The Bertz CT molecular complexity index is 1540. The number of aromatic amines is 1. The predicted octanol–water partition coefficient (Wildman–Crippen LogP) is 0.814. The van der Waals surface area contributed by atoms with Crippen LogP contribution in [0, 0.1) is 0 Å². The molecule has 0 saturated heterocycles. The van der Waals surface area contributed by atoms with E-state index in [-0.39, 0.29) is 24.5 Å². The van der Waals surface area contributed by atoms with Gasteiger partial charge in [-0.05, 0) is 17.7 Å². The SMILES string of the molecule is O=C(NCc1ccc2oc(=O)[nH]c2c1)c1cc(C(=O)NCc2cnccn2)n2nccc2n1. The molecule has 0 fully saturated rings. The maximum atomic E-state index is 12.8. The molecule has 0 spiro atoms. The molecule has 0 saturated carbocycles. The number of nitrogens with zero attached hydrogens (tertiary/aromatic N) is 5. The van der Waals surface area contributed by atoms with Gasteiger partial charge in [0.25, 0.3) is 11.8 Å². The maximum Gasteiger partial charge on any atom is 0.417 e. The molecule has 5 aromatic rings. The second kappa shape index (κ2) is 8.34. The van der Waals surface area contributed by atoms with Gasteiger partial charge in [-0.2, -0.15) is 5.10 Å². The van der Waals surface area contributed by atoms with Crippen molar-refractivity contribution in [1.82, 2.24) is 40.2 Å². The summed E-state index contributed by atoms with van der Waals surface area (Å²) in [4.78, 5) is 51.8. The van der Waals surface area contributed by atoms with Gasteiger partial charge < -0.3 is 15.1 Å². The molecule has 0 bridgehead atoms. The Morgan fingerprint density at radius 1 is 1.03 bits per heavy atom. The van der Waals surface area contributed by atoms with Gasteiger partial charge in [-0.25, -0.2) is 14.3 Å². The van der Waals surface area contributed by atoms with Crippen LogP contribution in [-0.2, 0) is 13.1 Å². The molecule has 33 heavy (non-hydrogen) atoms. The first-order chi connectivity index (χ1) is 16.1. The van der Waals surface area contributed by atoms with Crippen LogP contribution in [0.4, 0.5) is 0 Å². The fourth-order valence-electron chi connectivity index (χ4n) is 3.26. The normalized spacial score (nSPS) is 11.0.